The maximum atomic E-state index is 6.21. The van der Waals surface area contributed by atoms with Crippen molar-refractivity contribution in [1.29, 1.82) is 0 Å². The minimum absolute atomic E-state index is 0.0858. The summed E-state index contributed by atoms with van der Waals surface area (Å²) in [7, 11) is 0. The maximum absolute atomic E-state index is 6.21. The van der Waals surface area contributed by atoms with Gasteiger partial charge in [0.1, 0.15) is 11.4 Å². The molecule has 2 heteroatoms. The summed E-state index contributed by atoms with van der Waals surface area (Å²) in [5.41, 5.74) is 7.31. The summed E-state index contributed by atoms with van der Waals surface area (Å²) in [4.78, 5) is 0. The molecule has 0 radical (unpaired) electrons. The molecule has 2 N–H and O–H groups in total. The lowest BCUT2D eigenvalue weighted by Gasteiger charge is -2.44. The number of nitrogens with two attached hydrogens (primary N) is 1. The largest absolute Gasteiger partial charge is 0.486 e. The van der Waals surface area contributed by atoms with E-state index in [2.05, 4.69) is 31.2 Å². The molecule has 0 aromatic heterocycles. The van der Waals surface area contributed by atoms with Crippen molar-refractivity contribution in [3.63, 3.8) is 0 Å². The van der Waals surface area contributed by atoms with Crippen molar-refractivity contribution in [3.05, 3.63) is 29.8 Å². The highest BCUT2D eigenvalue weighted by Gasteiger charge is 2.53. The summed E-state index contributed by atoms with van der Waals surface area (Å²) < 4.78 is 6.21. The first-order valence-electron chi connectivity index (χ1n) is 6.25. The monoisotopic (exact) mass is 217 g/mol. The highest BCUT2D eigenvalue weighted by molar-refractivity contribution is 5.44. The summed E-state index contributed by atoms with van der Waals surface area (Å²) in [6.07, 6.45) is 3.68. The Kier molecular flexibility index (Phi) is 2.21. The molecule has 86 valence electrons. The molecule has 16 heavy (non-hydrogen) atoms. The van der Waals surface area contributed by atoms with Crippen LogP contribution in [0, 0.1) is 5.92 Å². The molecule has 1 aromatic rings. The summed E-state index contributed by atoms with van der Waals surface area (Å²) in [6.45, 7) is 2.99. The van der Waals surface area contributed by atoms with Gasteiger partial charge in [0.05, 0.1) is 0 Å². The van der Waals surface area contributed by atoms with Crippen LogP contribution >= 0.6 is 0 Å². The van der Waals surface area contributed by atoms with Crippen LogP contribution in [0.3, 0.4) is 0 Å². The second kappa shape index (κ2) is 3.49. The van der Waals surface area contributed by atoms with Crippen LogP contribution in [0.2, 0.25) is 0 Å². The summed E-state index contributed by atoms with van der Waals surface area (Å²) in [6, 6.07) is 8.47. The van der Waals surface area contributed by atoms with Gasteiger partial charge in [0.25, 0.3) is 0 Å². The highest BCUT2D eigenvalue weighted by atomic mass is 16.5. The summed E-state index contributed by atoms with van der Waals surface area (Å²) in [5, 5.41) is 0. The van der Waals surface area contributed by atoms with Gasteiger partial charge in [-0.05, 0) is 37.8 Å². The zero-order valence-electron chi connectivity index (χ0n) is 9.78. The van der Waals surface area contributed by atoms with E-state index in [-0.39, 0.29) is 5.60 Å². The quantitative estimate of drug-likeness (QED) is 0.826. The molecular weight excluding hydrogens is 198 g/mol. The maximum Gasteiger partial charge on any atom is 0.123 e. The van der Waals surface area contributed by atoms with E-state index in [0.29, 0.717) is 11.8 Å². The number of fused-ring (bicyclic) bond motifs is 1. The van der Waals surface area contributed by atoms with Crippen LogP contribution in [0.1, 0.15) is 37.7 Å². The number of rotatable bonds is 2. The molecule has 2 atom stereocenters. The standard InChI is InChI=1S/C14H19NO/c1-10(9-15)13-11-5-2-3-6-12(11)16-14(13)7-4-8-14/h2-3,5-6,10,13H,4,7-9,15H2,1H3. The Hall–Kier alpha value is -1.02. The van der Waals surface area contributed by atoms with E-state index < -0.39 is 0 Å². The highest BCUT2D eigenvalue weighted by Crippen LogP contribution is 2.56. The predicted octanol–water partition coefficient (Wildman–Crippen LogP) is 2.68. The fraction of sp³-hybridized carbons (Fsp3) is 0.571. The summed E-state index contributed by atoms with van der Waals surface area (Å²) in [5.74, 6) is 2.10. The smallest absolute Gasteiger partial charge is 0.123 e. The van der Waals surface area contributed by atoms with Crippen molar-refractivity contribution in [2.24, 2.45) is 11.7 Å². The molecule has 1 aliphatic heterocycles. The van der Waals surface area contributed by atoms with E-state index in [0.717, 1.165) is 12.3 Å². The van der Waals surface area contributed by atoms with Gasteiger partial charge in [-0.3, -0.25) is 0 Å². The SMILES string of the molecule is CC(CN)C1c2ccccc2OC12CCC2. The molecule has 1 aromatic carbocycles. The number of hydrogen-bond acceptors (Lipinski definition) is 2. The number of benzene rings is 1. The van der Waals surface area contributed by atoms with Gasteiger partial charge in [0.2, 0.25) is 0 Å². The van der Waals surface area contributed by atoms with Crippen LogP contribution < -0.4 is 10.5 Å². The fourth-order valence-electron chi connectivity index (χ4n) is 3.30. The lowest BCUT2D eigenvalue weighted by atomic mass is 9.66. The second-order valence-corrected chi connectivity index (χ2v) is 5.25. The van der Waals surface area contributed by atoms with Crippen molar-refractivity contribution in [2.75, 3.05) is 6.54 Å². The first kappa shape index (κ1) is 10.2. The molecule has 1 saturated carbocycles. The third-order valence-corrected chi connectivity index (χ3v) is 4.27. The van der Waals surface area contributed by atoms with E-state index in [9.17, 15) is 0 Å². The zero-order valence-corrected chi connectivity index (χ0v) is 9.78. The Morgan fingerprint density at radius 1 is 1.44 bits per heavy atom. The normalized spacial score (nSPS) is 27.0. The minimum Gasteiger partial charge on any atom is -0.486 e. The molecule has 2 aliphatic rings. The Morgan fingerprint density at radius 3 is 2.81 bits per heavy atom. The molecule has 0 saturated heterocycles. The Bertz CT molecular complexity index is 397. The zero-order chi connectivity index (χ0) is 11.2. The third kappa shape index (κ3) is 1.23. The van der Waals surface area contributed by atoms with Gasteiger partial charge in [-0.2, -0.15) is 0 Å². The van der Waals surface area contributed by atoms with Crippen molar-refractivity contribution in [3.8, 4) is 5.75 Å². The van der Waals surface area contributed by atoms with Crippen LogP contribution in [-0.4, -0.2) is 12.1 Å². The first-order chi connectivity index (χ1) is 7.77. The molecule has 1 fully saturated rings. The average Bonchev–Trinajstić information content (AvgIpc) is 2.62. The third-order valence-electron chi connectivity index (χ3n) is 4.27. The van der Waals surface area contributed by atoms with Crippen LogP contribution in [0.25, 0.3) is 0 Å². The van der Waals surface area contributed by atoms with Crippen LogP contribution in [0.5, 0.6) is 5.75 Å². The van der Waals surface area contributed by atoms with Gasteiger partial charge in [0, 0.05) is 11.5 Å². The van der Waals surface area contributed by atoms with Crippen LogP contribution in [-0.2, 0) is 0 Å². The first-order valence-corrected chi connectivity index (χ1v) is 6.25. The lowest BCUT2D eigenvalue weighted by molar-refractivity contribution is -0.0217. The Morgan fingerprint density at radius 2 is 2.19 bits per heavy atom. The number of ether oxygens (including phenoxy) is 1. The molecule has 3 rings (SSSR count). The number of para-hydroxylation sites is 1. The van der Waals surface area contributed by atoms with E-state index in [4.69, 9.17) is 10.5 Å². The molecule has 0 bridgehead atoms. The Balaban J connectivity index is 2.03. The molecular formula is C14H19NO. The van der Waals surface area contributed by atoms with Gasteiger partial charge < -0.3 is 10.5 Å². The van der Waals surface area contributed by atoms with Gasteiger partial charge in [-0.15, -0.1) is 0 Å². The molecule has 0 amide bonds. The van der Waals surface area contributed by atoms with Crippen molar-refractivity contribution >= 4 is 0 Å². The van der Waals surface area contributed by atoms with E-state index in [1.54, 1.807) is 0 Å². The number of hydrogen-bond donors (Lipinski definition) is 1. The Labute approximate surface area is 96.8 Å². The topological polar surface area (TPSA) is 35.2 Å². The lowest BCUT2D eigenvalue weighted by Crippen LogP contribution is -2.47. The van der Waals surface area contributed by atoms with E-state index >= 15 is 0 Å². The van der Waals surface area contributed by atoms with Crippen molar-refractivity contribution in [2.45, 2.75) is 37.7 Å². The molecule has 2 unspecified atom stereocenters. The van der Waals surface area contributed by atoms with Gasteiger partial charge >= 0.3 is 0 Å². The van der Waals surface area contributed by atoms with Gasteiger partial charge in [0.15, 0.2) is 0 Å². The van der Waals surface area contributed by atoms with Crippen LogP contribution in [0.4, 0.5) is 0 Å². The fourth-order valence-corrected chi connectivity index (χ4v) is 3.30. The average molecular weight is 217 g/mol. The van der Waals surface area contributed by atoms with Crippen molar-refractivity contribution < 1.29 is 4.74 Å². The van der Waals surface area contributed by atoms with E-state index in [1.165, 1.54) is 24.8 Å². The molecule has 1 heterocycles. The van der Waals surface area contributed by atoms with Crippen LogP contribution in [0.15, 0.2) is 24.3 Å². The second-order valence-electron chi connectivity index (χ2n) is 5.25. The van der Waals surface area contributed by atoms with Gasteiger partial charge in [-0.25, -0.2) is 0 Å². The molecule has 1 spiro atoms. The predicted molar refractivity (Wildman–Crippen MR) is 64.6 cm³/mol. The van der Waals surface area contributed by atoms with Crippen molar-refractivity contribution in [1.82, 2.24) is 0 Å². The minimum atomic E-state index is 0.0858. The molecule has 1 aliphatic carbocycles. The summed E-state index contributed by atoms with van der Waals surface area (Å²) >= 11 is 0. The van der Waals surface area contributed by atoms with E-state index in [1.807, 2.05) is 0 Å². The molecule has 2 nitrogen and oxygen atoms in total. The van der Waals surface area contributed by atoms with Gasteiger partial charge in [-0.1, -0.05) is 25.1 Å².